The molecule has 2 aromatic rings. The van der Waals surface area contributed by atoms with Gasteiger partial charge in [-0.3, -0.25) is 4.79 Å². The summed E-state index contributed by atoms with van der Waals surface area (Å²) in [6, 6.07) is 7.76. The molecule has 1 aromatic heterocycles. The Morgan fingerprint density at radius 1 is 1.32 bits per heavy atom. The molecule has 5 nitrogen and oxygen atoms in total. The number of piperidine rings is 1. The minimum Gasteiger partial charge on any atom is -0.497 e. The topological polar surface area (TPSA) is 57.4 Å². The lowest BCUT2D eigenvalue weighted by Gasteiger charge is -2.36. The molecule has 1 aliphatic heterocycles. The van der Waals surface area contributed by atoms with Crippen molar-refractivity contribution in [1.29, 1.82) is 0 Å². The van der Waals surface area contributed by atoms with E-state index in [9.17, 15) is 4.79 Å². The molecule has 1 amide bonds. The largest absolute Gasteiger partial charge is 0.497 e. The van der Waals surface area contributed by atoms with Crippen LogP contribution in [0.3, 0.4) is 0 Å². The van der Waals surface area contributed by atoms with Crippen LogP contribution in [0.4, 0.5) is 0 Å². The first-order valence-electron chi connectivity index (χ1n) is 9.14. The highest BCUT2D eigenvalue weighted by molar-refractivity contribution is 5.98. The van der Waals surface area contributed by atoms with Crippen molar-refractivity contribution in [3.63, 3.8) is 0 Å². The average molecular weight is 343 g/mol. The first-order chi connectivity index (χ1) is 11.9. The minimum absolute atomic E-state index is 0.0548. The number of fused-ring (bicyclic) bond motifs is 1. The first-order valence-corrected chi connectivity index (χ1v) is 9.14. The van der Waals surface area contributed by atoms with E-state index in [1.54, 1.807) is 7.11 Å². The van der Waals surface area contributed by atoms with E-state index in [0.717, 1.165) is 48.1 Å². The van der Waals surface area contributed by atoms with Crippen LogP contribution in [0.1, 0.15) is 37.7 Å². The van der Waals surface area contributed by atoms with E-state index in [4.69, 9.17) is 4.74 Å². The fourth-order valence-corrected chi connectivity index (χ4v) is 4.04. The highest BCUT2D eigenvalue weighted by Gasteiger charge is 2.23. The summed E-state index contributed by atoms with van der Waals surface area (Å²) < 4.78 is 5.24. The number of aromatic nitrogens is 1. The lowest BCUT2D eigenvalue weighted by atomic mass is 9.92. The third-order valence-electron chi connectivity index (χ3n) is 4.93. The number of aromatic amines is 1. The van der Waals surface area contributed by atoms with Crippen molar-refractivity contribution < 1.29 is 9.53 Å². The molecule has 1 aliphatic rings. The lowest BCUT2D eigenvalue weighted by molar-refractivity contribution is 0.0901. The molecule has 25 heavy (non-hydrogen) atoms. The number of methoxy groups -OCH3 is 1. The molecule has 1 fully saturated rings. The summed E-state index contributed by atoms with van der Waals surface area (Å²) >= 11 is 0. The van der Waals surface area contributed by atoms with Crippen molar-refractivity contribution in [2.45, 2.75) is 33.2 Å². The zero-order valence-electron chi connectivity index (χ0n) is 15.6. The van der Waals surface area contributed by atoms with Crippen molar-refractivity contribution in [1.82, 2.24) is 15.2 Å². The van der Waals surface area contributed by atoms with Crippen LogP contribution < -0.4 is 10.1 Å². The number of hydrogen-bond acceptors (Lipinski definition) is 3. The average Bonchev–Trinajstić information content (AvgIpc) is 2.96. The summed E-state index contributed by atoms with van der Waals surface area (Å²) in [5.74, 6) is 2.20. The van der Waals surface area contributed by atoms with Gasteiger partial charge in [0.2, 0.25) is 0 Å². The van der Waals surface area contributed by atoms with Gasteiger partial charge in [0, 0.05) is 36.6 Å². The van der Waals surface area contributed by atoms with E-state index in [0.29, 0.717) is 5.69 Å². The molecule has 0 saturated carbocycles. The Kier molecular flexibility index (Phi) is 5.33. The van der Waals surface area contributed by atoms with Crippen molar-refractivity contribution >= 4 is 16.8 Å². The van der Waals surface area contributed by atoms with Crippen LogP contribution in [0.2, 0.25) is 0 Å². The van der Waals surface area contributed by atoms with E-state index >= 15 is 0 Å². The molecule has 2 heterocycles. The minimum atomic E-state index is -0.0548. The molecular formula is C20H29N3O2. The van der Waals surface area contributed by atoms with Crippen molar-refractivity contribution in [3.05, 3.63) is 30.0 Å². The van der Waals surface area contributed by atoms with Gasteiger partial charge in [-0.25, -0.2) is 0 Å². The molecule has 3 atom stereocenters. The lowest BCUT2D eigenvalue weighted by Crippen LogP contribution is -2.47. The van der Waals surface area contributed by atoms with Crippen LogP contribution in [0.15, 0.2) is 24.3 Å². The molecule has 3 rings (SSSR count). The Balaban J connectivity index is 1.61. The molecule has 2 N–H and O–H groups in total. The van der Waals surface area contributed by atoms with Gasteiger partial charge >= 0.3 is 0 Å². The third kappa shape index (κ3) is 4.34. The fraction of sp³-hybridized carbons (Fsp3) is 0.550. The zero-order valence-corrected chi connectivity index (χ0v) is 15.6. The van der Waals surface area contributed by atoms with Gasteiger partial charge in [0.25, 0.3) is 5.91 Å². The number of nitrogens with zero attached hydrogens (tertiary/aromatic N) is 1. The van der Waals surface area contributed by atoms with Gasteiger partial charge in [-0.1, -0.05) is 13.8 Å². The fourth-order valence-electron chi connectivity index (χ4n) is 4.04. The summed E-state index contributed by atoms with van der Waals surface area (Å²) in [7, 11) is 1.64. The second-order valence-corrected chi connectivity index (χ2v) is 7.68. The Morgan fingerprint density at radius 3 is 2.72 bits per heavy atom. The second-order valence-electron chi connectivity index (χ2n) is 7.68. The molecule has 136 valence electrons. The molecule has 1 saturated heterocycles. The molecule has 0 spiro atoms. The maximum atomic E-state index is 12.6. The highest BCUT2D eigenvalue weighted by atomic mass is 16.5. The second kappa shape index (κ2) is 7.48. The predicted octanol–water partition coefficient (Wildman–Crippen LogP) is 3.27. The van der Waals surface area contributed by atoms with Crippen LogP contribution in [0.5, 0.6) is 5.75 Å². The van der Waals surface area contributed by atoms with Crippen molar-refractivity contribution in [2.24, 2.45) is 11.8 Å². The molecule has 1 aromatic carbocycles. The van der Waals surface area contributed by atoms with Crippen LogP contribution in [-0.2, 0) is 0 Å². The quantitative estimate of drug-likeness (QED) is 0.876. The zero-order chi connectivity index (χ0) is 18.0. The normalized spacial score (nSPS) is 22.7. The molecule has 0 bridgehead atoms. The Bertz CT molecular complexity index is 730. The summed E-state index contributed by atoms with van der Waals surface area (Å²) in [5.41, 5.74) is 1.53. The van der Waals surface area contributed by atoms with Gasteiger partial charge in [-0.2, -0.15) is 0 Å². The van der Waals surface area contributed by atoms with Gasteiger partial charge in [0.05, 0.1) is 7.11 Å². The molecule has 0 aliphatic carbocycles. The number of nitrogens with one attached hydrogen (secondary N) is 2. The molecule has 5 heteroatoms. The van der Waals surface area contributed by atoms with Gasteiger partial charge < -0.3 is 19.9 Å². The maximum absolute atomic E-state index is 12.6. The summed E-state index contributed by atoms with van der Waals surface area (Å²) in [6.07, 6.45) is 1.30. The Hall–Kier alpha value is -2.01. The first kappa shape index (κ1) is 17.8. The predicted molar refractivity (Wildman–Crippen MR) is 101 cm³/mol. The van der Waals surface area contributed by atoms with Gasteiger partial charge in [0.1, 0.15) is 11.4 Å². The standard InChI is InChI=1S/C20H29N3O2/c1-13-7-14(2)11-23(10-13)12-15(3)21-20(24)19-9-16-8-17(25-4)5-6-18(16)22-19/h5-6,8-9,13-15,22H,7,10-12H2,1-4H3,(H,21,24)/t13-,14-,15+/m0/s1. The summed E-state index contributed by atoms with van der Waals surface area (Å²) in [4.78, 5) is 18.2. The smallest absolute Gasteiger partial charge is 0.267 e. The van der Waals surface area contributed by atoms with Gasteiger partial charge in [-0.05, 0) is 49.4 Å². The number of hydrogen-bond donors (Lipinski definition) is 2. The van der Waals surface area contributed by atoms with Gasteiger partial charge in [0.15, 0.2) is 0 Å². The number of rotatable bonds is 5. The number of benzene rings is 1. The van der Waals surface area contributed by atoms with Gasteiger partial charge in [-0.15, -0.1) is 0 Å². The number of ether oxygens (including phenoxy) is 1. The van der Waals surface area contributed by atoms with Crippen LogP contribution in [-0.4, -0.2) is 48.6 Å². The van der Waals surface area contributed by atoms with E-state index in [2.05, 4.69) is 36.0 Å². The van der Waals surface area contributed by atoms with E-state index in [1.807, 2.05) is 24.3 Å². The maximum Gasteiger partial charge on any atom is 0.267 e. The molecule has 0 unspecified atom stereocenters. The summed E-state index contributed by atoms with van der Waals surface area (Å²) in [6.45, 7) is 9.84. The van der Waals surface area contributed by atoms with E-state index in [-0.39, 0.29) is 11.9 Å². The van der Waals surface area contributed by atoms with E-state index in [1.165, 1.54) is 6.42 Å². The number of carbonyl (C=O) groups excluding carboxylic acids is 1. The number of likely N-dealkylation sites (tertiary alicyclic amines) is 1. The summed E-state index contributed by atoms with van der Waals surface area (Å²) in [5, 5.41) is 4.10. The number of carbonyl (C=O) groups is 1. The third-order valence-corrected chi connectivity index (χ3v) is 4.93. The molecule has 0 radical (unpaired) electrons. The monoisotopic (exact) mass is 343 g/mol. The van der Waals surface area contributed by atoms with Crippen LogP contribution in [0, 0.1) is 11.8 Å². The van der Waals surface area contributed by atoms with Crippen molar-refractivity contribution in [3.8, 4) is 5.75 Å². The Morgan fingerprint density at radius 2 is 2.04 bits per heavy atom. The van der Waals surface area contributed by atoms with Crippen LogP contribution >= 0.6 is 0 Å². The van der Waals surface area contributed by atoms with Crippen molar-refractivity contribution in [2.75, 3.05) is 26.7 Å². The number of amides is 1. The Labute approximate surface area is 149 Å². The molecular weight excluding hydrogens is 314 g/mol. The highest BCUT2D eigenvalue weighted by Crippen LogP contribution is 2.22. The SMILES string of the molecule is COc1ccc2[nH]c(C(=O)N[C@H](C)CN3C[C@@H](C)C[C@H](C)C3)cc2c1. The van der Waals surface area contributed by atoms with Crippen LogP contribution in [0.25, 0.3) is 10.9 Å². The number of H-pyrrole nitrogens is 1. The van der Waals surface area contributed by atoms with E-state index < -0.39 is 0 Å².